The fourth-order valence-electron chi connectivity index (χ4n) is 2.07. The first-order chi connectivity index (χ1) is 10.1. The summed E-state index contributed by atoms with van der Waals surface area (Å²) >= 11 is 0. The van der Waals surface area contributed by atoms with Crippen molar-refractivity contribution in [3.8, 4) is 0 Å². The van der Waals surface area contributed by atoms with Gasteiger partial charge in [-0.2, -0.15) is 0 Å². The van der Waals surface area contributed by atoms with Gasteiger partial charge < -0.3 is 9.31 Å². The van der Waals surface area contributed by atoms with Gasteiger partial charge in [-0.1, -0.05) is 24.3 Å². The van der Waals surface area contributed by atoms with Gasteiger partial charge in [0, 0.05) is 6.54 Å². The van der Waals surface area contributed by atoms with Crippen LogP contribution in [0.3, 0.4) is 0 Å². The molecule has 0 aromatic heterocycles. The molecule has 22 heavy (non-hydrogen) atoms. The fraction of sp³-hybridized carbons (Fsp3) is 0.600. The van der Waals surface area contributed by atoms with Crippen LogP contribution in [0.15, 0.2) is 24.3 Å². The van der Waals surface area contributed by atoms with E-state index in [1.54, 1.807) is 6.92 Å². The van der Waals surface area contributed by atoms with Crippen molar-refractivity contribution in [3.05, 3.63) is 29.8 Å². The minimum atomic E-state index is -3.17. The number of rotatable bonds is 5. The summed E-state index contributed by atoms with van der Waals surface area (Å²) in [4.78, 5) is 0. The lowest BCUT2D eigenvalue weighted by atomic mass is 9.79. The maximum atomic E-state index is 11.4. The van der Waals surface area contributed by atoms with Gasteiger partial charge in [0.2, 0.25) is 10.0 Å². The number of nitrogens with one attached hydrogen (secondary N) is 1. The summed E-state index contributed by atoms with van der Waals surface area (Å²) in [6.45, 7) is 9.97. The molecule has 1 aliphatic rings. The largest absolute Gasteiger partial charge is 0.494 e. The summed E-state index contributed by atoms with van der Waals surface area (Å²) in [6, 6.07) is 7.60. The van der Waals surface area contributed by atoms with Crippen molar-refractivity contribution < 1.29 is 17.7 Å². The Morgan fingerprint density at radius 2 is 1.55 bits per heavy atom. The maximum Gasteiger partial charge on any atom is 0.494 e. The van der Waals surface area contributed by atoms with Gasteiger partial charge in [0.15, 0.2) is 0 Å². The quantitative estimate of drug-likeness (QED) is 0.832. The summed E-state index contributed by atoms with van der Waals surface area (Å²) in [6.07, 6.45) is 0. The highest BCUT2D eigenvalue weighted by Gasteiger charge is 2.51. The van der Waals surface area contributed by atoms with Gasteiger partial charge in [-0.15, -0.1) is 0 Å². The van der Waals surface area contributed by atoms with E-state index in [-0.39, 0.29) is 17.0 Å². The molecular formula is C15H24BNO4S. The first-order valence-corrected chi connectivity index (χ1v) is 9.13. The first kappa shape index (κ1) is 17.5. The van der Waals surface area contributed by atoms with Gasteiger partial charge in [-0.3, -0.25) is 0 Å². The Bertz CT molecular complexity index is 609. The van der Waals surface area contributed by atoms with E-state index in [4.69, 9.17) is 9.31 Å². The van der Waals surface area contributed by atoms with Gasteiger partial charge >= 0.3 is 7.12 Å². The van der Waals surface area contributed by atoms with Crippen LogP contribution < -0.4 is 10.2 Å². The number of hydrogen-bond donors (Lipinski definition) is 1. The standard InChI is InChI=1S/C15H24BNO4S/c1-6-22(18,19)17-11-12-7-9-13(10-8-12)16-20-14(2,3)15(4,5)21-16/h7-10,17H,6,11H2,1-5H3. The van der Waals surface area contributed by atoms with Gasteiger partial charge in [0.1, 0.15) is 0 Å². The van der Waals surface area contributed by atoms with E-state index in [0.29, 0.717) is 6.54 Å². The van der Waals surface area contributed by atoms with Crippen molar-refractivity contribution in [1.82, 2.24) is 4.72 Å². The Morgan fingerprint density at radius 3 is 2.00 bits per heavy atom. The number of sulfonamides is 1. The molecule has 0 amide bonds. The van der Waals surface area contributed by atoms with E-state index in [9.17, 15) is 8.42 Å². The average molecular weight is 325 g/mol. The van der Waals surface area contributed by atoms with E-state index in [0.717, 1.165) is 11.0 Å². The zero-order valence-corrected chi connectivity index (χ0v) is 14.7. The summed E-state index contributed by atoms with van der Waals surface area (Å²) in [5.74, 6) is 0.0823. The van der Waals surface area contributed by atoms with Crippen molar-refractivity contribution in [2.45, 2.75) is 52.4 Å². The summed E-state index contributed by atoms with van der Waals surface area (Å²) in [5, 5.41) is 0. The fourth-order valence-corrected chi connectivity index (χ4v) is 2.66. The molecule has 1 aromatic carbocycles. The Labute approximate surface area is 133 Å². The molecule has 0 atom stereocenters. The summed E-state index contributed by atoms with van der Waals surface area (Å²) < 4.78 is 37.4. The monoisotopic (exact) mass is 325 g/mol. The lowest BCUT2D eigenvalue weighted by Gasteiger charge is -2.32. The second-order valence-corrected chi connectivity index (χ2v) is 8.65. The summed E-state index contributed by atoms with van der Waals surface area (Å²) in [7, 11) is -3.57. The van der Waals surface area contributed by atoms with Gasteiger partial charge in [-0.25, -0.2) is 13.1 Å². The molecule has 1 heterocycles. The zero-order chi connectivity index (χ0) is 16.6. The van der Waals surface area contributed by atoms with Gasteiger partial charge in [-0.05, 0) is 45.6 Å². The first-order valence-electron chi connectivity index (χ1n) is 7.48. The number of benzene rings is 1. The van der Waals surface area contributed by atoms with E-state index >= 15 is 0 Å². The van der Waals surface area contributed by atoms with E-state index in [1.165, 1.54) is 0 Å². The predicted molar refractivity (Wildman–Crippen MR) is 88.5 cm³/mol. The van der Waals surface area contributed by atoms with Crippen LogP contribution in [-0.2, 0) is 25.9 Å². The second-order valence-electron chi connectivity index (χ2n) is 6.55. The average Bonchev–Trinajstić information content (AvgIpc) is 2.66. The van der Waals surface area contributed by atoms with Crippen LogP contribution in [0.4, 0.5) is 0 Å². The lowest BCUT2D eigenvalue weighted by Crippen LogP contribution is -2.41. The minimum Gasteiger partial charge on any atom is -0.399 e. The third-order valence-corrected chi connectivity index (χ3v) is 5.73. The maximum absolute atomic E-state index is 11.4. The molecule has 1 aliphatic heterocycles. The van der Waals surface area contributed by atoms with Crippen molar-refractivity contribution in [2.24, 2.45) is 0 Å². The van der Waals surface area contributed by atoms with E-state index in [2.05, 4.69) is 4.72 Å². The van der Waals surface area contributed by atoms with Crippen molar-refractivity contribution >= 4 is 22.6 Å². The molecule has 1 aromatic rings. The highest BCUT2D eigenvalue weighted by atomic mass is 32.2. The Hall–Kier alpha value is -0.885. The Kier molecular flexibility index (Phi) is 4.73. The molecule has 0 bridgehead atoms. The van der Waals surface area contributed by atoms with Crippen LogP contribution in [-0.4, -0.2) is 32.5 Å². The van der Waals surface area contributed by atoms with E-state index in [1.807, 2.05) is 52.0 Å². The van der Waals surface area contributed by atoms with Crippen LogP contribution in [0.5, 0.6) is 0 Å². The molecule has 5 nitrogen and oxygen atoms in total. The zero-order valence-electron chi connectivity index (χ0n) is 13.8. The molecule has 0 saturated carbocycles. The van der Waals surface area contributed by atoms with Gasteiger partial charge in [0.05, 0.1) is 17.0 Å². The minimum absolute atomic E-state index is 0.0823. The molecule has 0 unspecified atom stereocenters. The molecule has 0 radical (unpaired) electrons. The molecule has 1 saturated heterocycles. The lowest BCUT2D eigenvalue weighted by molar-refractivity contribution is 0.00578. The van der Waals surface area contributed by atoms with Crippen LogP contribution in [0.25, 0.3) is 0 Å². The topological polar surface area (TPSA) is 64.6 Å². The van der Waals surface area contributed by atoms with Crippen LogP contribution in [0, 0.1) is 0 Å². The Morgan fingerprint density at radius 1 is 1.05 bits per heavy atom. The molecule has 1 N–H and O–H groups in total. The van der Waals surface area contributed by atoms with Crippen molar-refractivity contribution in [3.63, 3.8) is 0 Å². The van der Waals surface area contributed by atoms with Crippen LogP contribution in [0.1, 0.15) is 40.2 Å². The molecule has 0 spiro atoms. The highest BCUT2D eigenvalue weighted by Crippen LogP contribution is 2.36. The normalized spacial score (nSPS) is 20.3. The predicted octanol–water partition coefficient (Wildman–Crippen LogP) is 1.43. The van der Waals surface area contributed by atoms with E-state index < -0.39 is 17.1 Å². The van der Waals surface area contributed by atoms with Crippen molar-refractivity contribution in [2.75, 3.05) is 5.75 Å². The molecule has 0 aliphatic carbocycles. The van der Waals surface area contributed by atoms with Crippen LogP contribution >= 0.6 is 0 Å². The third-order valence-electron chi connectivity index (χ3n) is 4.38. The second kappa shape index (κ2) is 5.96. The molecule has 1 fully saturated rings. The summed E-state index contributed by atoms with van der Waals surface area (Å²) in [5.41, 5.74) is 1.10. The molecule has 2 rings (SSSR count). The SMILES string of the molecule is CCS(=O)(=O)NCc1ccc(B2OC(C)(C)C(C)(C)O2)cc1. The third kappa shape index (κ3) is 3.71. The molecule has 7 heteroatoms. The molecule has 122 valence electrons. The number of hydrogen-bond acceptors (Lipinski definition) is 4. The smallest absolute Gasteiger partial charge is 0.399 e. The Balaban J connectivity index is 2.04. The van der Waals surface area contributed by atoms with Crippen LogP contribution in [0.2, 0.25) is 0 Å². The molecular weight excluding hydrogens is 301 g/mol. The van der Waals surface area contributed by atoms with Crippen molar-refractivity contribution in [1.29, 1.82) is 0 Å². The van der Waals surface area contributed by atoms with Gasteiger partial charge in [0.25, 0.3) is 0 Å². The highest BCUT2D eigenvalue weighted by molar-refractivity contribution is 7.89.